The summed E-state index contributed by atoms with van der Waals surface area (Å²) in [6, 6.07) is 0. The third-order valence-electron chi connectivity index (χ3n) is 8.64. The molecule has 3 nitrogen and oxygen atoms in total. The van der Waals surface area contributed by atoms with Crippen LogP contribution in [0.2, 0.25) is 0 Å². The van der Waals surface area contributed by atoms with Crippen LogP contribution in [0.25, 0.3) is 0 Å². The van der Waals surface area contributed by atoms with Gasteiger partial charge in [0.05, 0.1) is 13.2 Å². The van der Waals surface area contributed by atoms with Crippen LogP contribution in [-0.4, -0.2) is 24.9 Å². The van der Waals surface area contributed by atoms with Crippen molar-refractivity contribution < 1.29 is 14.3 Å². The molecule has 0 radical (unpaired) electrons. The summed E-state index contributed by atoms with van der Waals surface area (Å²) in [5, 5.41) is 0. The average molecular weight is 357 g/mol. The average Bonchev–Trinajstić information content (AvgIpc) is 3.25. The summed E-state index contributed by atoms with van der Waals surface area (Å²) in [5.74, 6) is 4.73. The summed E-state index contributed by atoms with van der Waals surface area (Å²) in [7, 11) is 0. The minimum absolute atomic E-state index is 0.326. The highest BCUT2D eigenvalue weighted by Gasteiger charge is 2.55. The highest BCUT2D eigenvalue weighted by Crippen LogP contribution is 2.63. The van der Waals surface area contributed by atoms with Crippen LogP contribution in [-0.2, 0) is 14.3 Å². The van der Waals surface area contributed by atoms with Crippen molar-refractivity contribution in [3.8, 4) is 0 Å². The Bertz CT molecular complexity index is 652. The zero-order valence-corrected chi connectivity index (χ0v) is 16.1. The van der Waals surface area contributed by atoms with Gasteiger partial charge in [-0.05, 0) is 74.0 Å². The predicted molar refractivity (Wildman–Crippen MR) is 100 cm³/mol. The van der Waals surface area contributed by atoms with Crippen molar-refractivity contribution in [1.29, 1.82) is 0 Å². The monoisotopic (exact) mass is 356 g/mol. The van der Waals surface area contributed by atoms with Crippen molar-refractivity contribution in [2.45, 2.75) is 76.9 Å². The third kappa shape index (κ3) is 2.58. The van der Waals surface area contributed by atoms with E-state index >= 15 is 0 Å². The molecule has 1 aliphatic heterocycles. The predicted octanol–water partition coefficient (Wildman–Crippen LogP) is 4.84. The van der Waals surface area contributed by atoms with Crippen molar-refractivity contribution in [1.82, 2.24) is 0 Å². The molecule has 1 spiro atoms. The Labute approximate surface area is 157 Å². The van der Waals surface area contributed by atoms with Crippen LogP contribution in [0.1, 0.15) is 71.1 Å². The van der Waals surface area contributed by atoms with Gasteiger partial charge in [-0.2, -0.15) is 0 Å². The SMILES string of the molecule is C[C@@]12CCC[C@H]1[C@@H]1[C@H](CC=C=O)CC3=C(CCC4(C3)OCCO4)[C@H]1CC2. The minimum atomic E-state index is -0.326. The van der Waals surface area contributed by atoms with E-state index in [1.807, 2.05) is 0 Å². The summed E-state index contributed by atoms with van der Waals surface area (Å²) in [5.41, 5.74) is 3.93. The molecule has 0 amide bonds. The van der Waals surface area contributed by atoms with Crippen molar-refractivity contribution in [2.75, 3.05) is 13.2 Å². The summed E-state index contributed by atoms with van der Waals surface area (Å²) >= 11 is 0. The van der Waals surface area contributed by atoms with Gasteiger partial charge in [0.1, 0.15) is 5.94 Å². The fourth-order valence-electron chi connectivity index (χ4n) is 7.56. The van der Waals surface area contributed by atoms with Gasteiger partial charge >= 0.3 is 0 Å². The standard InChI is InChI=1S/C23H32O3/c1-22-8-2-5-20(22)21-16(4-3-11-24)14-17-15-23(25-12-13-26-23)10-7-18(17)19(21)6-9-22/h3,16,19-21H,2,4-10,12-15H2,1H3/t16-,19-,20+,21-,22+/m1/s1. The second-order valence-electron chi connectivity index (χ2n) is 9.81. The normalized spacial score (nSPS) is 43.6. The number of carbonyl (C=O) groups excluding carboxylic acids is 1. The molecule has 2 saturated carbocycles. The number of rotatable bonds is 2. The quantitative estimate of drug-likeness (QED) is 0.524. The molecule has 0 aromatic carbocycles. The van der Waals surface area contributed by atoms with Crippen molar-refractivity contribution >= 4 is 5.94 Å². The van der Waals surface area contributed by atoms with Gasteiger partial charge < -0.3 is 9.47 Å². The lowest BCUT2D eigenvalue weighted by atomic mass is 9.51. The van der Waals surface area contributed by atoms with Gasteiger partial charge in [0, 0.05) is 18.9 Å². The summed E-state index contributed by atoms with van der Waals surface area (Å²) in [6.45, 7) is 4.03. The van der Waals surface area contributed by atoms with E-state index < -0.39 is 0 Å². The molecule has 26 heavy (non-hydrogen) atoms. The lowest BCUT2D eigenvalue weighted by molar-refractivity contribution is -0.166. The van der Waals surface area contributed by atoms with E-state index in [2.05, 4.69) is 12.9 Å². The molecular formula is C23H32O3. The first-order valence-corrected chi connectivity index (χ1v) is 10.8. The first-order chi connectivity index (χ1) is 12.6. The van der Waals surface area contributed by atoms with Crippen LogP contribution >= 0.6 is 0 Å². The van der Waals surface area contributed by atoms with Crippen LogP contribution < -0.4 is 0 Å². The highest BCUT2D eigenvalue weighted by molar-refractivity contribution is 5.45. The Hall–Kier alpha value is -0.890. The molecule has 3 heteroatoms. The number of hydrogen-bond acceptors (Lipinski definition) is 3. The smallest absolute Gasteiger partial charge is 0.172 e. The number of allylic oxidation sites excluding steroid dienone is 2. The van der Waals surface area contributed by atoms with Crippen LogP contribution in [0.3, 0.4) is 0 Å². The molecule has 5 aliphatic rings. The summed E-state index contributed by atoms with van der Waals surface area (Å²) in [4.78, 5) is 11.0. The van der Waals surface area contributed by atoms with Crippen LogP contribution in [0, 0.1) is 29.1 Å². The summed E-state index contributed by atoms with van der Waals surface area (Å²) in [6.07, 6.45) is 13.9. The van der Waals surface area contributed by atoms with Gasteiger partial charge in [-0.1, -0.05) is 24.5 Å². The van der Waals surface area contributed by atoms with Gasteiger partial charge in [0.2, 0.25) is 0 Å². The maximum atomic E-state index is 11.0. The fraction of sp³-hybridized carbons (Fsp3) is 0.826. The minimum Gasteiger partial charge on any atom is -0.347 e. The maximum absolute atomic E-state index is 11.0. The third-order valence-corrected chi connectivity index (χ3v) is 8.64. The molecule has 4 aliphatic carbocycles. The second kappa shape index (κ2) is 6.33. The van der Waals surface area contributed by atoms with E-state index in [9.17, 15) is 4.79 Å². The van der Waals surface area contributed by atoms with E-state index in [4.69, 9.17) is 9.47 Å². The van der Waals surface area contributed by atoms with Crippen LogP contribution in [0.5, 0.6) is 0 Å². The molecule has 1 saturated heterocycles. The largest absolute Gasteiger partial charge is 0.347 e. The van der Waals surface area contributed by atoms with Gasteiger partial charge in [-0.3, -0.25) is 0 Å². The zero-order valence-electron chi connectivity index (χ0n) is 16.1. The van der Waals surface area contributed by atoms with Gasteiger partial charge in [-0.15, -0.1) is 0 Å². The molecule has 0 unspecified atom stereocenters. The van der Waals surface area contributed by atoms with Gasteiger partial charge in [0.25, 0.3) is 0 Å². The van der Waals surface area contributed by atoms with Crippen molar-refractivity contribution in [3.63, 3.8) is 0 Å². The number of ether oxygens (including phenoxy) is 2. The first-order valence-electron chi connectivity index (χ1n) is 10.8. The number of hydrogen-bond donors (Lipinski definition) is 0. The Morgan fingerprint density at radius 3 is 2.85 bits per heavy atom. The molecule has 3 fully saturated rings. The Balaban J connectivity index is 1.49. The maximum Gasteiger partial charge on any atom is 0.172 e. The van der Waals surface area contributed by atoms with E-state index in [1.165, 1.54) is 32.1 Å². The van der Waals surface area contributed by atoms with Crippen molar-refractivity contribution in [3.05, 3.63) is 17.2 Å². The first kappa shape index (κ1) is 17.2. The lowest BCUT2D eigenvalue weighted by Gasteiger charge is -2.54. The molecule has 1 heterocycles. The molecule has 0 bridgehead atoms. The van der Waals surface area contributed by atoms with E-state index in [-0.39, 0.29) is 5.79 Å². The van der Waals surface area contributed by atoms with Gasteiger partial charge in [-0.25, -0.2) is 4.79 Å². The topological polar surface area (TPSA) is 35.5 Å². The van der Waals surface area contributed by atoms with E-state index in [0.29, 0.717) is 11.3 Å². The fourth-order valence-corrected chi connectivity index (χ4v) is 7.56. The second-order valence-corrected chi connectivity index (χ2v) is 9.81. The van der Waals surface area contributed by atoms with E-state index in [0.717, 1.165) is 63.1 Å². The summed E-state index contributed by atoms with van der Waals surface area (Å²) < 4.78 is 12.1. The van der Waals surface area contributed by atoms with Gasteiger partial charge in [0.15, 0.2) is 5.79 Å². The molecule has 0 N–H and O–H groups in total. The molecule has 0 aromatic rings. The molecular weight excluding hydrogens is 324 g/mol. The zero-order chi connectivity index (χ0) is 17.8. The molecule has 5 atom stereocenters. The molecule has 5 rings (SSSR count). The molecule has 0 aromatic heterocycles. The van der Waals surface area contributed by atoms with E-state index in [1.54, 1.807) is 17.2 Å². The highest BCUT2D eigenvalue weighted by atomic mass is 16.7. The Morgan fingerprint density at radius 1 is 1.19 bits per heavy atom. The Morgan fingerprint density at radius 2 is 2.04 bits per heavy atom. The lowest BCUT2D eigenvalue weighted by Crippen LogP contribution is -2.47. The molecule has 142 valence electrons. The number of fused-ring (bicyclic) bond motifs is 4. The Kier molecular flexibility index (Phi) is 4.19. The van der Waals surface area contributed by atoms with Crippen molar-refractivity contribution in [2.24, 2.45) is 29.1 Å². The van der Waals surface area contributed by atoms with Crippen LogP contribution in [0.15, 0.2) is 17.2 Å². The van der Waals surface area contributed by atoms with Crippen LogP contribution in [0.4, 0.5) is 0 Å².